The van der Waals surface area contributed by atoms with Gasteiger partial charge in [0.25, 0.3) is 11.5 Å². The number of anilines is 2. The van der Waals surface area contributed by atoms with Gasteiger partial charge in [-0.05, 0) is 68.5 Å². The molecule has 192 valence electrons. The third-order valence-corrected chi connectivity index (χ3v) is 7.01. The van der Waals surface area contributed by atoms with Crippen molar-refractivity contribution in [3.63, 3.8) is 0 Å². The lowest BCUT2D eigenvalue weighted by atomic mass is 9.93. The van der Waals surface area contributed by atoms with Gasteiger partial charge in [-0.2, -0.15) is 13.2 Å². The van der Waals surface area contributed by atoms with Gasteiger partial charge in [-0.1, -0.05) is 6.07 Å². The van der Waals surface area contributed by atoms with Crippen LogP contribution < -0.4 is 15.4 Å². The highest BCUT2D eigenvalue weighted by Crippen LogP contribution is 2.33. The predicted molar refractivity (Wildman–Crippen MR) is 135 cm³/mol. The van der Waals surface area contributed by atoms with Crippen LogP contribution in [0.3, 0.4) is 0 Å². The summed E-state index contributed by atoms with van der Waals surface area (Å²) in [7, 11) is 1.45. The molecule has 2 heterocycles. The number of fused-ring (bicyclic) bond motifs is 1. The predicted octanol–water partition coefficient (Wildman–Crippen LogP) is 4.92. The first kappa shape index (κ1) is 25.8. The number of aliphatic hydroxyl groups excluding tert-OH is 1. The lowest BCUT2D eigenvalue weighted by Crippen LogP contribution is -2.35. The molecule has 2 aromatic carbocycles. The Hall–Kier alpha value is -3.33. The van der Waals surface area contributed by atoms with Gasteiger partial charge < -0.3 is 19.5 Å². The molecule has 9 heteroatoms. The molecule has 0 spiro atoms. The van der Waals surface area contributed by atoms with Crippen LogP contribution in [0.4, 0.5) is 24.5 Å². The third-order valence-electron chi connectivity index (χ3n) is 7.01. The normalized spacial score (nSPS) is 14.9. The first-order valence-electron chi connectivity index (χ1n) is 12.1. The van der Waals surface area contributed by atoms with Crippen LogP contribution >= 0.6 is 0 Å². The molecule has 1 fully saturated rings. The molecule has 1 amide bonds. The molecule has 36 heavy (non-hydrogen) atoms. The van der Waals surface area contributed by atoms with Crippen LogP contribution in [-0.2, 0) is 12.7 Å². The Balaban J connectivity index is 1.72. The van der Waals surface area contributed by atoms with E-state index in [0.717, 1.165) is 55.6 Å². The van der Waals surface area contributed by atoms with E-state index in [0.29, 0.717) is 23.5 Å². The fraction of sp³-hybridized carbons (Fsp3) is 0.407. The van der Waals surface area contributed by atoms with Crippen LogP contribution in [0.15, 0.2) is 53.3 Å². The van der Waals surface area contributed by atoms with E-state index < -0.39 is 17.6 Å². The van der Waals surface area contributed by atoms with Gasteiger partial charge in [0.1, 0.15) is 0 Å². The summed E-state index contributed by atoms with van der Waals surface area (Å²) in [6, 6.07) is 11.3. The third kappa shape index (κ3) is 5.11. The van der Waals surface area contributed by atoms with E-state index in [2.05, 4.69) is 4.90 Å². The summed E-state index contributed by atoms with van der Waals surface area (Å²) in [6.45, 7) is 3.97. The van der Waals surface area contributed by atoms with Crippen LogP contribution in [0.25, 0.3) is 10.9 Å². The van der Waals surface area contributed by atoms with E-state index in [1.54, 1.807) is 28.8 Å². The zero-order valence-corrected chi connectivity index (χ0v) is 20.4. The highest BCUT2D eigenvalue weighted by molar-refractivity contribution is 6.08. The molecule has 0 bridgehead atoms. The van der Waals surface area contributed by atoms with E-state index in [-0.39, 0.29) is 17.9 Å². The van der Waals surface area contributed by atoms with Crippen molar-refractivity contribution in [3.05, 3.63) is 70.0 Å². The first-order valence-corrected chi connectivity index (χ1v) is 12.1. The number of amides is 1. The molecule has 1 aliphatic heterocycles. The Morgan fingerprint density at radius 3 is 2.47 bits per heavy atom. The minimum absolute atomic E-state index is 0.127. The van der Waals surface area contributed by atoms with Gasteiger partial charge in [0.2, 0.25) is 0 Å². The number of aliphatic hydroxyl groups is 1. The average Bonchev–Trinajstić information content (AvgIpc) is 2.87. The smallest absolute Gasteiger partial charge is 0.396 e. The number of carbonyl (C=O) groups is 1. The molecule has 3 aromatic rings. The molecule has 1 aromatic heterocycles. The van der Waals surface area contributed by atoms with Crippen LogP contribution in [0.1, 0.15) is 42.1 Å². The van der Waals surface area contributed by atoms with Gasteiger partial charge in [0.15, 0.2) is 0 Å². The number of nitrogens with zero attached hydrogens (tertiary/aromatic N) is 3. The monoisotopic (exact) mass is 501 g/mol. The van der Waals surface area contributed by atoms with Crippen molar-refractivity contribution < 1.29 is 23.1 Å². The molecule has 4 rings (SSSR count). The molecule has 1 aliphatic rings. The zero-order valence-electron chi connectivity index (χ0n) is 20.4. The van der Waals surface area contributed by atoms with Crippen LogP contribution in [-0.4, -0.2) is 42.3 Å². The number of pyridine rings is 1. The number of carbonyl (C=O) groups excluding carboxylic acids is 1. The summed E-state index contributed by atoms with van der Waals surface area (Å²) >= 11 is 0. The van der Waals surface area contributed by atoms with Gasteiger partial charge in [0.05, 0.1) is 16.8 Å². The molecule has 6 nitrogen and oxygen atoms in total. The second kappa shape index (κ2) is 10.3. The topological polar surface area (TPSA) is 65.8 Å². The fourth-order valence-corrected chi connectivity index (χ4v) is 4.94. The summed E-state index contributed by atoms with van der Waals surface area (Å²) in [4.78, 5) is 29.5. The fourth-order valence-electron chi connectivity index (χ4n) is 4.94. The number of rotatable bonds is 6. The standard InChI is InChI=1S/C27H30F3N3O3/c1-3-33-23-8-7-19(26(36)31(2)21-6-4-5-20(16-21)27(28,29)30)15-22(23)24(17-25(33)35)32-12-9-18(10-13-32)11-14-34/h4-8,15-18,34H,3,9-14H2,1-2H3. The van der Waals surface area contributed by atoms with E-state index >= 15 is 0 Å². The first-order chi connectivity index (χ1) is 17.1. The summed E-state index contributed by atoms with van der Waals surface area (Å²) in [5.41, 5.74) is 0.962. The molecular weight excluding hydrogens is 471 g/mol. The van der Waals surface area contributed by atoms with E-state index in [4.69, 9.17) is 0 Å². The average molecular weight is 502 g/mol. The largest absolute Gasteiger partial charge is 0.416 e. The highest BCUT2D eigenvalue weighted by atomic mass is 19.4. The van der Waals surface area contributed by atoms with Gasteiger partial charge in [-0.3, -0.25) is 9.59 Å². The molecule has 0 saturated carbocycles. The molecule has 1 saturated heterocycles. The van der Waals surface area contributed by atoms with Crippen LogP contribution in [0.2, 0.25) is 0 Å². The van der Waals surface area contributed by atoms with Gasteiger partial charge in [-0.15, -0.1) is 0 Å². The molecule has 0 unspecified atom stereocenters. The molecule has 0 atom stereocenters. The maximum absolute atomic E-state index is 13.3. The van der Waals surface area contributed by atoms with Crippen molar-refractivity contribution in [1.29, 1.82) is 0 Å². The minimum atomic E-state index is -4.51. The lowest BCUT2D eigenvalue weighted by molar-refractivity contribution is -0.137. The number of piperidine rings is 1. The molecular formula is C27H30F3N3O3. The van der Waals surface area contributed by atoms with E-state index in [9.17, 15) is 27.9 Å². The molecule has 0 radical (unpaired) electrons. The Kier molecular flexibility index (Phi) is 7.40. The second-order valence-corrected chi connectivity index (χ2v) is 9.20. The number of halogens is 3. The Morgan fingerprint density at radius 1 is 1.11 bits per heavy atom. The zero-order chi connectivity index (χ0) is 26.0. The number of benzene rings is 2. The Bertz CT molecular complexity index is 1310. The SMILES string of the molecule is CCn1c(=O)cc(N2CCC(CCO)CC2)c2cc(C(=O)N(C)c3cccc(C(F)(F)F)c3)ccc21. The van der Waals surface area contributed by atoms with Crippen molar-refractivity contribution in [2.45, 2.75) is 38.9 Å². The summed E-state index contributed by atoms with van der Waals surface area (Å²) in [5, 5.41) is 10.0. The number of hydrogen-bond donors (Lipinski definition) is 1. The van der Waals surface area contributed by atoms with Crippen molar-refractivity contribution in [3.8, 4) is 0 Å². The lowest BCUT2D eigenvalue weighted by Gasteiger charge is -2.34. The van der Waals surface area contributed by atoms with Gasteiger partial charge >= 0.3 is 6.18 Å². The summed E-state index contributed by atoms with van der Waals surface area (Å²) in [6.07, 6.45) is -1.95. The second-order valence-electron chi connectivity index (χ2n) is 9.20. The molecule has 0 aliphatic carbocycles. The van der Waals surface area contributed by atoms with Crippen molar-refractivity contribution in [2.24, 2.45) is 5.92 Å². The number of aromatic nitrogens is 1. The van der Waals surface area contributed by atoms with Crippen molar-refractivity contribution in [2.75, 3.05) is 36.5 Å². The van der Waals surface area contributed by atoms with Crippen molar-refractivity contribution in [1.82, 2.24) is 4.57 Å². The molecule has 1 N–H and O–H groups in total. The van der Waals surface area contributed by atoms with Gasteiger partial charge in [0, 0.05) is 56.0 Å². The quantitative estimate of drug-likeness (QED) is 0.521. The Labute approximate surface area is 207 Å². The Morgan fingerprint density at radius 2 is 1.83 bits per heavy atom. The number of aryl methyl sites for hydroxylation is 1. The minimum Gasteiger partial charge on any atom is -0.396 e. The summed E-state index contributed by atoms with van der Waals surface area (Å²) < 4.78 is 41.2. The van der Waals surface area contributed by atoms with Gasteiger partial charge in [-0.25, -0.2) is 0 Å². The van der Waals surface area contributed by atoms with Crippen LogP contribution in [0.5, 0.6) is 0 Å². The summed E-state index contributed by atoms with van der Waals surface area (Å²) in [5.74, 6) is -0.00940. The number of alkyl halides is 3. The maximum Gasteiger partial charge on any atom is 0.416 e. The van der Waals surface area contributed by atoms with Crippen molar-refractivity contribution >= 4 is 28.2 Å². The number of hydrogen-bond acceptors (Lipinski definition) is 4. The van der Waals surface area contributed by atoms with E-state index in [1.807, 2.05) is 6.92 Å². The van der Waals surface area contributed by atoms with Crippen LogP contribution in [0, 0.1) is 5.92 Å². The highest BCUT2D eigenvalue weighted by Gasteiger charge is 2.31. The van der Waals surface area contributed by atoms with E-state index in [1.165, 1.54) is 24.1 Å². The maximum atomic E-state index is 13.3.